The topological polar surface area (TPSA) is 133 Å². The van der Waals surface area contributed by atoms with Gasteiger partial charge in [0.05, 0.1) is 16.8 Å². The maximum atomic E-state index is 12.5. The number of carboxylic acid groups (broad SMARTS) is 1. The summed E-state index contributed by atoms with van der Waals surface area (Å²) in [6, 6.07) is 3.09. The molecule has 1 aromatic rings. The van der Waals surface area contributed by atoms with Crippen LogP contribution in [0.3, 0.4) is 0 Å². The van der Waals surface area contributed by atoms with Gasteiger partial charge < -0.3 is 5.11 Å². The molecule has 118 valence electrons. The smallest absolute Gasteiger partial charge is 0.409 e. The number of amides is 5. The molecule has 23 heavy (non-hydrogen) atoms. The van der Waals surface area contributed by atoms with E-state index in [1.54, 1.807) is 0 Å². The van der Waals surface area contributed by atoms with Crippen molar-refractivity contribution in [3.8, 4) is 0 Å². The van der Waals surface area contributed by atoms with Crippen LogP contribution in [0.4, 0.5) is 10.5 Å². The van der Waals surface area contributed by atoms with Crippen molar-refractivity contribution < 1.29 is 29.1 Å². The number of piperidine rings is 1. The zero-order valence-corrected chi connectivity index (χ0v) is 11.7. The summed E-state index contributed by atoms with van der Waals surface area (Å²) in [5.41, 5.74) is -0.0984. The fourth-order valence-electron chi connectivity index (χ4n) is 2.73. The Morgan fingerprint density at radius 3 is 2.61 bits per heavy atom. The Morgan fingerprint density at radius 2 is 1.96 bits per heavy atom. The van der Waals surface area contributed by atoms with E-state index < -0.39 is 35.8 Å². The Morgan fingerprint density at radius 1 is 1.22 bits per heavy atom. The number of nitrogens with zero attached hydrogens (tertiary/aromatic N) is 1. The van der Waals surface area contributed by atoms with Gasteiger partial charge in [0.1, 0.15) is 6.04 Å². The molecule has 1 aromatic carbocycles. The van der Waals surface area contributed by atoms with Crippen LogP contribution in [0.5, 0.6) is 0 Å². The second-order valence-corrected chi connectivity index (χ2v) is 5.11. The molecule has 1 fully saturated rings. The average molecular weight is 317 g/mol. The van der Waals surface area contributed by atoms with Crippen LogP contribution < -0.4 is 10.6 Å². The quantitative estimate of drug-likeness (QED) is 0.666. The summed E-state index contributed by atoms with van der Waals surface area (Å²) in [5, 5.41) is 13.0. The first-order valence-electron chi connectivity index (χ1n) is 6.74. The number of fused-ring (bicyclic) bond motifs is 1. The van der Waals surface area contributed by atoms with Crippen LogP contribution in [0.2, 0.25) is 0 Å². The summed E-state index contributed by atoms with van der Waals surface area (Å²) >= 11 is 0. The van der Waals surface area contributed by atoms with Gasteiger partial charge in [0, 0.05) is 6.42 Å². The van der Waals surface area contributed by atoms with E-state index in [0.717, 1.165) is 4.90 Å². The lowest BCUT2D eigenvalue weighted by molar-refractivity contribution is -0.136. The van der Waals surface area contributed by atoms with Crippen LogP contribution in [0, 0.1) is 0 Å². The second kappa shape index (κ2) is 5.20. The number of rotatable bonds is 2. The van der Waals surface area contributed by atoms with Gasteiger partial charge in [0.2, 0.25) is 11.8 Å². The van der Waals surface area contributed by atoms with E-state index in [2.05, 4.69) is 10.6 Å². The Balaban J connectivity index is 1.99. The number of anilines is 1. The minimum Gasteiger partial charge on any atom is -0.465 e. The molecule has 0 radical (unpaired) electrons. The van der Waals surface area contributed by atoms with Crippen LogP contribution in [0.15, 0.2) is 18.2 Å². The summed E-state index contributed by atoms with van der Waals surface area (Å²) < 4.78 is 0. The van der Waals surface area contributed by atoms with Crippen molar-refractivity contribution >= 4 is 35.4 Å². The SMILES string of the molecule is O=C(O)Nc1cccc2c1C(=O)N([C@H]1CCC(=O)NC1=O)C2=O. The molecule has 0 aromatic heterocycles. The van der Waals surface area contributed by atoms with Crippen LogP contribution in [-0.4, -0.2) is 45.8 Å². The standard InChI is InChI=1S/C14H11N3O6/c18-9-5-4-8(11(19)16-9)17-12(20)6-2-1-3-7(15-14(22)23)10(6)13(17)21/h1-3,8,15H,4-5H2,(H,22,23)(H,16,18,19)/t8-/m0/s1. The zero-order chi connectivity index (χ0) is 16.7. The van der Waals surface area contributed by atoms with Gasteiger partial charge in [-0.2, -0.15) is 0 Å². The number of carbonyl (C=O) groups excluding carboxylic acids is 4. The molecular weight excluding hydrogens is 306 g/mol. The predicted molar refractivity (Wildman–Crippen MR) is 74.8 cm³/mol. The molecule has 2 heterocycles. The molecule has 2 aliphatic rings. The molecule has 0 bridgehead atoms. The van der Waals surface area contributed by atoms with E-state index in [4.69, 9.17) is 5.11 Å². The lowest BCUT2D eigenvalue weighted by atomic mass is 10.0. The number of imide groups is 2. The van der Waals surface area contributed by atoms with Crippen molar-refractivity contribution in [3.05, 3.63) is 29.3 Å². The monoisotopic (exact) mass is 317 g/mol. The summed E-state index contributed by atoms with van der Waals surface area (Å²) in [5.74, 6) is -2.63. The van der Waals surface area contributed by atoms with Gasteiger partial charge in [-0.05, 0) is 18.6 Å². The molecule has 0 unspecified atom stereocenters. The van der Waals surface area contributed by atoms with Crippen LogP contribution >= 0.6 is 0 Å². The number of nitrogens with one attached hydrogen (secondary N) is 2. The van der Waals surface area contributed by atoms with E-state index in [9.17, 15) is 24.0 Å². The first kappa shape index (κ1) is 14.7. The molecule has 5 amide bonds. The lowest BCUT2D eigenvalue weighted by Crippen LogP contribution is -2.54. The van der Waals surface area contributed by atoms with Crippen molar-refractivity contribution in [2.75, 3.05) is 5.32 Å². The normalized spacial score (nSPS) is 20.3. The van der Waals surface area contributed by atoms with Gasteiger partial charge in [0.15, 0.2) is 0 Å². The number of hydrogen-bond donors (Lipinski definition) is 3. The maximum Gasteiger partial charge on any atom is 0.409 e. The Bertz CT molecular complexity index is 772. The van der Waals surface area contributed by atoms with Gasteiger partial charge in [-0.1, -0.05) is 6.07 Å². The Hall–Kier alpha value is -3.23. The minimum atomic E-state index is -1.38. The Kier molecular flexibility index (Phi) is 3.32. The average Bonchev–Trinajstić information content (AvgIpc) is 2.72. The van der Waals surface area contributed by atoms with Crippen molar-refractivity contribution in [1.82, 2.24) is 10.2 Å². The van der Waals surface area contributed by atoms with Gasteiger partial charge in [-0.25, -0.2) is 4.79 Å². The van der Waals surface area contributed by atoms with Gasteiger partial charge >= 0.3 is 6.09 Å². The fourth-order valence-corrected chi connectivity index (χ4v) is 2.73. The first-order chi connectivity index (χ1) is 10.9. The third kappa shape index (κ3) is 2.31. The molecule has 0 saturated carbocycles. The van der Waals surface area contributed by atoms with E-state index in [-0.39, 0.29) is 29.7 Å². The van der Waals surface area contributed by atoms with E-state index >= 15 is 0 Å². The highest BCUT2D eigenvalue weighted by Gasteiger charge is 2.45. The molecule has 9 nitrogen and oxygen atoms in total. The highest BCUT2D eigenvalue weighted by Crippen LogP contribution is 2.32. The van der Waals surface area contributed by atoms with Crippen LogP contribution in [-0.2, 0) is 9.59 Å². The third-order valence-corrected chi connectivity index (χ3v) is 3.71. The van der Waals surface area contributed by atoms with Crippen molar-refractivity contribution in [3.63, 3.8) is 0 Å². The van der Waals surface area contributed by atoms with Crippen molar-refractivity contribution in [1.29, 1.82) is 0 Å². The Labute approximate surface area is 129 Å². The maximum absolute atomic E-state index is 12.5. The molecule has 0 spiro atoms. The summed E-state index contributed by atoms with van der Waals surface area (Å²) in [6.45, 7) is 0. The van der Waals surface area contributed by atoms with Crippen LogP contribution in [0.25, 0.3) is 0 Å². The summed E-state index contributed by atoms with van der Waals surface area (Å²) in [6.07, 6.45) is -1.32. The first-order valence-corrected chi connectivity index (χ1v) is 6.74. The fraction of sp³-hybridized carbons (Fsp3) is 0.214. The molecule has 3 rings (SSSR count). The van der Waals surface area contributed by atoms with E-state index in [1.807, 2.05) is 0 Å². The van der Waals surface area contributed by atoms with E-state index in [0.29, 0.717) is 0 Å². The van der Waals surface area contributed by atoms with E-state index in [1.165, 1.54) is 18.2 Å². The number of hydrogen-bond acceptors (Lipinski definition) is 5. The third-order valence-electron chi connectivity index (χ3n) is 3.71. The van der Waals surface area contributed by atoms with Crippen molar-refractivity contribution in [2.24, 2.45) is 0 Å². The largest absolute Gasteiger partial charge is 0.465 e. The van der Waals surface area contributed by atoms with Crippen LogP contribution in [0.1, 0.15) is 33.6 Å². The van der Waals surface area contributed by atoms with Gasteiger partial charge in [-0.15, -0.1) is 0 Å². The summed E-state index contributed by atoms with van der Waals surface area (Å²) in [7, 11) is 0. The molecule has 1 saturated heterocycles. The highest BCUT2D eigenvalue weighted by molar-refractivity contribution is 6.26. The zero-order valence-electron chi connectivity index (χ0n) is 11.7. The number of benzene rings is 1. The van der Waals surface area contributed by atoms with Gasteiger partial charge in [-0.3, -0.25) is 34.7 Å². The molecule has 2 aliphatic heterocycles. The van der Waals surface area contributed by atoms with Crippen molar-refractivity contribution in [2.45, 2.75) is 18.9 Å². The highest BCUT2D eigenvalue weighted by atomic mass is 16.4. The second-order valence-electron chi connectivity index (χ2n) is 5.11. The molecule has 1 atom stereocenters. The van der Waals surface area contributed by atoms with Gasteiger partial charge in [0.25, 0.3) is 11.8 Å². The molecule has 0 aliphatic carbocycles. The number of carbonyl (C=O) groups is 5. The molecule has 3 N–H and O–H groups in total. The minimum absolute atomic E-state index is 0.0179. The summed E-state index contributed by atoms with van der Waals surface area (Å²) in [4.78, 5) is 59.7. The molecular formula is C14H11N3O6. The predicted octanol–water partition coefficient (Wildman–Crippen LogP) is 0.178. The molecule has 9 heteroatoms. The lowest BCUT2D eigenvalue weighted by Gasteiger charge is -2.27.